The second kappa shape index (κ2) is 4.85. The van der Waals surface area contributed by atoms with Crippen molar-refractivity contribution in [3.05, 3.63) is 56.7 Å². The Morgan fingerprint density at radius 1 is 0.950 bits per heavy atom. The van der Waals surface area contributed by atoms with Crippen LogP contribution in [0.5, 0.6) is 0 Å². The summed E-state index contributed by atoms with van der Waals surface area (Å²) in [6.07, 6.45) is 0. The van der Waals surface area contributed by atoms with E-state index in [0.717, 1.165) is 0 Å². The molecule has 0 fully saturated rings. The van der Waals surface area contributed by atoms with Crippen molar-refractivity contribution in [1.82, 2.24) is 0 Å². The highest BCUT2D eigenvalue weighted by atomic mass is 16.6. The predicted molar refractivity (Wildman–Crippen MR) is 74.1 cm³/mol. The Balaban J connectivity index is 2.63. The second-order valence-electron chi connectivity index (χ2n) is 4.72. The summed E-state index contributed by atoms with van der Waals surface area (Å²) in [6, 6.07) is 5.78. The Morgan fingerprint density at radius 3 is 2.15 bits per heavy atom. The minimum atomic E-state index is -0.525. The maximum absolute atomic E-state index is 12.3. The normalized spacial score (nSPS) is 15.9. The van der Waals surface area contributed by atoms with Crippen LogP contribution < -0.4 is 0 Å². The number of hydrogen-bond donors (Lipinski definition) is 0. The third-order valence-corrected chi connectivity index (χ3v) is 3.53. The van der Waals surface area contributed by atoms with Crippen LogP contribution in [-0.4, -0.2) is 16.5 Å². The lowest BCUT2D eigenvalue weighted by molar-refractivity contribution is -0.384. The molecule has 5 heteroatoms. The number of Topliss-reactive ketones (excluding diaryl/α,β-unsaturated/α-hetero) is 2. The van der Waals surface area contributed by atoms with Crippen LogP contribution in [0.15, 0.2) is 41.0 Å². The first-order valence-electron chi connectivity index (χ1n) is 6.07. The highest BCUT2D eigenvalue weighted by Crippen LogP contribution is 2.32. The molecule has 2 rings (SSSR count). The van der Waals surface area contributed by atoms with E-state index in [4.69, 9.17) is 0 Å². The van der Waals surface area contributed by atoms with E-state index in [1.807, 2.05) is 0 Å². The van der Waals surface area contributed by atoms with E-state index in [-0.39, 0.29) is 22.8 Å². The molecule has 0 unspecified atom stereocenters. The van der Waals surface area contributed by atoms with Gasteiger partial charge < -0.3 is 0 Å². The number of nitro benzene ring substituents is 1. The van der Waals surface area contributed by atoms with E-state index in [0.29, 0.717) is 22.3 Å². The molecule has 0 bridgehead atoms. The van der Waals surface area contributed by atoms with Crippen molar-refractivity contribution in [3.8, 4) is 0 Å². The standard InChI is InChI=1S/C15H13NO4/c1-8-9(2)15(18)13(10(3)14(8)17)11-5-4-6-12(7-11)16(19)20/h4-7H,1-3H3. The number of benzene rings is 1. The van der Waals surface area contributed by atoms with Gasteiger partial charge in [-0.2, -0.15) is 0 Å². The van der Waals surface area contributed by atoms with Crippen LogP contribution in [0, 0.1) is 10.1 Å². The summed E-state index contributed by atoms with van der Waals surface area (Å²) in [7, 11) is 0. The molecular weight excluding hydrogens is 258 g/mol. The summed E-state index contributed by atoms with van der Waals surface area (Å²) in [5.41, 5.74) is 1.71. The number of hydrogen-bond acceptors (Lipinski definition) is 4. The lowest BCUT2D eigenvalue weighted by Crippen LogP contribution is -2.19. The molecule has 20 heavy (non-hydrogen) atoms. The highest BCUT2D eigenvalue weighted by molar-refractivity contribution is 6.39. The fourth-order valence-corrected chi connectivity index (χ4v) is 2.22. The molecule has 102 valence electrons. The van der Waals surface area contributed by atoms with Crippen molar-refractivity contribution in [3.63, 3.8) is 0 Å². The molecular formula is C15H13NO4. The zero-order valence-electron chi connectivity index (χ0n) is 11.4. The van der Waals surface area contributed by atoms with Gasteiger partial charge in [-0.05, 0) is 26.3 Å². The maximum Gasteiger partial charge on any atom is 0.270 e. The molecule has 0 amide bonds. The minimum Gasteiger partial charge on any atom is -0.289 e. The van der Waals surface area contributed by atoms with Crippen LogP contribution in [-0.2, 0) is 9.59 Å². The summed E-state index contributed by atoms with van der Waals surface area (Å²) in [4.78, 5) is 34.7. The second-order valence-corrected chi connectivity index (χ2v) is 4.72. The Morgan fingerprint density at radius 2 is 1.55 bits per heavy atom. The zero-order valence-corrected chi connectivity index (χ0v) is 11.4. The quantitative estimate of drug-likeness (QED) is 0.470. The molecule has 5 nitrogen and oxygen atoms in total. The summed E-state index contributed by atoms with van der Waals surface area (Å²) in [5, 5.41) is 10.8. The predicted octanol–water partition coefficient (Wildman–Crippen LogP) is 2.86. The van der Waals surface area contributed by atoms with Gasteiger partial charge in [-0.15, -0.1) is 0 Å². The van der Waals surface area contributed by atoms with E-state index in [1.54, 1.807) is 26.8 Å². The molecule has 0 aliphatic heterocycles. The van der Waals surface area contributed by atoms with Crippen molar-refractivity contribution in [2.75, 3.05) is 0 Å². The van der Waals surface area contributed by atoms with Crippen molar-refractivity contribution < 1.29 is 14.5 Å². The molecule has 0 saturated heterocycles. The molecule has 0 spiro atoms. The van der Waals surface area contributed by atoms with Crippen LogP contribution >= 0.6 is 0 Å². The van der Waals surface area contributed by atoms with E-state index in [9.17, 15) is 19.7 Å². The molecule has 0 aromatic heterocycles. The number of non-ortho nitro benzene ring substituents is 1. The molecule has 0 saturated carbocycles. The monoisotopic (exact) mass is 271 g/mol. The average molecular weight is 271 g/mol. The average Bonchev–Trinajstić information content (AvgIpc) is 2.43. The number of rotatable bonds is 2. The summed E-state index contributed by atoms with van der Waals surface area (Å²) >= 11 is 0. The van der Waals surface area contributed by atoms with Crippen LogP contribution in [0.1, 0.15) is 26.3 Å². The van der Waals surface area contributed by atoms with Crippen LogP contribution in [0.2, 0.25) is 0 Å². The van der Waals surface area contributed by atoms with Crippen LogP contribution in [0.25, 0.3) is 5.57 Å². The van der Waals surface area contributed by atoms with Crippen molar-refractivity contribution in [2.24, 2.45) is 0 Å². The van der Waals surface area contributed by atoms with Gasteiger partial charge in [0.05, 0.1) is 4.92 Å². The van der Waals surface area contributed by atoms with E-state index in [2.05, 4.69) is 0 Å². The van der Waals surface area contributed by atoms with Gasteiger partial charge >= 0.3 is 0 Å². The number of carbonyl (C=O) groups is 2. The number of allylic oxidation sites excluding steroid dienone is 4. The number of carbonyl (C=O) groups excluding carboxylic acids is 2. The van der Waals surface area contributed by atoms with E-state index < -0.39 is 4.92 Å². The number of nitro groups is 1. The van der Waals surface area contributed by atoms with Gasteiger partial charge in [0.15, 0.2) is 11.6 Å². The first-order valence-corrected chi connectivity index (χ1v) is 6.07. The van der Waals surface area contributed by atoms with E-state index in [1.165, 1.54) is 18.2 Å². The van der Waals surface area contributed by atoms with Crippen molar-refractivity contribution in [2.45, 2.75) is 20.8 Å². The van der Waals surface area contributed by atoms with Gasteiger partial charge in [-0.25, -0.2) is 0 Å². The van der Waals surface area contributed by atoms with Gasteiger partial charge in [-0.3, -0.25) is 19.7 Å². The van der Waals surface area contributed by atoms with E-state index >= 15 is 0 Å². The Labute approximate surface area is 115 Å². The Hall–Kier alpha value is -2.56. The summed E-state index contributed by atoms with van der Waals surface area (Å²) in [6.45, 7) is 4.78. The molecule has 1 aromatic rings. The van der Waals surface area contributed by atoms with Crippen molar-refractivity contribution >= 4 is 22.8 Å². The van der Waals surface area contributed by atoms with Gasteiger partial charge in [0.1, 0.15) is 0 Å². The first kappa shape index (κ1) is 13.9. The van der Waals surface area contributed by atoms with Crippen molar-refractivity contribution in [1.29, 1.82) is 0 Å². The Bertz CT molecular complexity index is 710. The first-order chi connectivity index (χ1) is 9.34. The molecule has 1 aromatic carbocycles. The van der Waals surface area contributed by atoms with Crippen LogP contribution in [0.3, 0.4) is 0 Å². The third-order valence-electron chi connectivity index (χ3n) is 3.53. The lowest BCUT2D eigenvalue weighted by Gasteiger charge is -2.18. The van der Waals surface area contributed by atoms with Crippen LogP contribution in [0.4, 0.5) is 5.69 Å². The van der Waals surface area contributed by atoms with Gasteiger partial charge in [0.25, 0.3) is 5.69 Å². The SMILES string of the molecule is CC1=C(C)C(=O)C(c2cccc([N+](=O)[O-])c2)=C(C)C1=O. The summed E-state index contributed by atoms with van der Waals surface area (Å²) < 4.78 is 0. The maximum atomic E-state index is 12.3. The molecule has 0 radical (unpaired) electrons. The van der Waals surface area contributed by atoms with Gasteiger partial charge in [-0.1, -0.05) is 12.1 Å². The molecule has 0 atom stereocenters. The molecule has 1 aliphatic rings. The number of nitrogens with zero attached hydrogens (tertiary/aromatic N) is 1. The molecule has 1 aliphatic carbocycles. The van der Waals surface area contributed by atoms with Gasteiger partial charge in [0.2, 0.25) is 0 Å². The van der Waals surface area contributed by atoms with Gasteiger partial charge in [0, 0.05) is 34.4 Å². The smallest absolute Gasteiger partial charge is 0.270 e. The highest BCUT2D eigenvalue weighted by Gasteiger charge is 2.29. The number of ketones is 2. The third kappa shape index (κ3) is 2.07. The summed E-state index contributed by atoms with van der Waals surface area (Å²) in [5.74, 6) is -0.441. The fraction of sp³-hybridized carbons (Fsp3) is 0.200. The minimum absolute atomic E-state index is 0.105. The largest absolute Gasteiger partial charge is 0.289 e. The molecule has 0 heterocycles. The lowest BCUT2D eigenvalue weighted by atomic mass is 9.83. The topological polar surface area (TPSA) is 77.3 Å². The fourth-order valence-electron chi connectivity index (χ4n) is 2.22. The zero-order chi connectivity index (χ0) is 15.0. The molecule has 0 N–H and O–H groups in total. The Kier molecular flexibility index (Phi) is 3.36.